The zero-order valence-electron chi connectivity index (χ0n) is 19.8. The molecule has 35 heavy (non-hydrogen) atoms. The van der Waals surface area contributed by atoms with Crippen LogP contribution < -0.4 is 10.2 Å². The number of ether oxygens (including phenoxy) is 1. The molecule has 1 aromatic carbocycles. The number of carbonyl (C=O) groups excluding carboxylic acids is 1. The summed E-state index contributed by atoms with van der Waals surface area (Å²) in [4.78, 5) is 23.3. The van der Waals surface area contributed by atoms with Gasteiger partial charge in [0.1, 0.15) is 5.82 Å². The molecule has 0 radical (unpaired) electrons. The molecule has 0 spiro atoms. The first-order valence-corrected chi connectivity index (χ1v) is 11.5. The molecule has 2 fully saturated rings. The number of benzene rings is 1. The molecular formula is C24H29F4N5O2. The van der Waals surface area contributed by atoms with Crippen LogP contribution in [-0.2, 0) is 16.1 Å². The van der Waals surface area contributed by atoms with Gasteiger partial charge in [-0.15, -0.1) is 0 Å². The van der Waals surface area contributed by atoms with Gasteiger partial charge in [-0.3, -0.25) is 9.69 Å². The molecule has 0 amide bonds. The third kappa shape index (κ3) is 5.25. The van der Waals surface area contributed by atoms with E-state index in [9.17, 15) is 22.4 Å². The highest BCUT2D eigenvalue weighted by molar-refractivity contribution is 5.64. The van der Waals surface area contributed by atoms with E-state index in [1.54, 1.807) is 24.4 Å². The number of hydrogen-bond donors (Lipinski definition) is 1. The van der Waals surface area contributed by atoms with Crippen molar-refractivity contribution in [2.24, 2.45) is 5.92 Å². The molecule has 11 heteroatoms. The Morgan fingerprint density at radius 3 is 2.37 bits per heavy atom. The number of aldehydes is 1. The quantitative estimate of drug-likeness (QED) is 0.436. The van der Waals surface area contributed by atoms with Crippen LogP contribution in [0.2, 0.25) is 0 Å². The van der Waals surface area contributed by atoms with Gasteiger partial charge >= 0.3 is 11.8 Å². The summed E-state index contributed by atoms with van der Waals surface area (Å²) in [7, 11) is 0. The van der Waals surface area contributed by atoms with E-state index in [0.29, 0.717) is 23.9 Å². The molecule has 0 saturated carbocycles. The van der Waals surface area contributed by atoms with Crippen LogP contribution in [0.1, 0.15) is 37.9 Å². The number of nitrogens with one attached hydrogen (secondary N) is 1. The van der Waals surface area contributed by atoms with Crippen molar-refractivity contribution in [3.8, 4) is 0 Å². The SMILES string of the molecule is CC(C)[C@H]1COC(C=O)N1c1ccnc(N[C@@H](C)c2ccc(CN3CC(F)(F)C(F)(F)C3)cc2)n1. The normalized spacial score (nSPS) is 24.6. The monoisotopic (exact) mass is 495 g/mol. The summed E-state index contributed by atoms with van der Waals surface area (Å²) < 4.78 is 59.4. The lowest BCUT2D eigenvalue weighted by molar-refractivity contribution is -0.172. The maximum atomic E-state index is 13.4. The third-order valence-corrected chi connectivity index (χ3v) is 6.47. The van der Waals surface area contributed by atoms with E-state index in [-0.39, 0.29) is 24.5 Å². The predicted octanol–water partition coefficient (Wildman–Crippen LogP) is 4.12. The smallest absolute Gasteiger partial charge is 0.323 e. The van der Waals surface area contributed by atoms with Crippen LogP contribution in [0.15, 0.2) is 36.5 Å². The van der Waals surface area contributed by atoms with E-state index < -0.39 is 31.2 Å². The first kappa shape index (κ1) is 25.3. The minimum atomic E-state index is -4.01. The van der Waals surface area contributed by atoms with Gasteiger partial charge in [-0.05, 0) is 30.0 Å². The second kappa shape index (κ2) is 9.69. The average molecular weight is 496 g/mol. The molecular weight excluding hydrogens is 466 g/mol. The highest BCUT2D eigenvalue weighted by Gasteiger charge is 2.62. The standard InChI is InChI=1S/C24H29F4N5O2/c1-15(2)19-12-35-21(11-34)33(19)20-8-9-29-22(31-20)30-16(3)18-6-4-17(5-7-18)10-32-13-23(25,26)24(27,28)14-32/h4-9,11,15-16,19,21H,10,12-14H2,1-3H3,(H,29,30,31)/t16-,19+,21?/m0/s1. The summed E-state index contributed by atoms with van der Waals surface area (Å²) >= 11 is 0. The van der Waals surface area contributed by atoms with E-state index in [4.69, 9.17) is 4.74 Å². The van der Waals surface area contributed by atoms with Gasteiger partial charge in [0.25, 0.3) is 0 Å². The van der Waals surface area contributed by atoms with Crippen molar-refractivity contribution in [2.45, 2.75) is 57.5 Å². The number of anilines is 2. The maximum Gasteiger partial charge on any atom is 0.323 e. The van der Waals surface area contributed by atoms with Gasteiger partial charge in [-0.1, -0.05) is 38.1 Å². The summed E-state index contributed by atoms with van der Waals surface area (Å²) in [6.45, 7) is 4.56. The molecule has 4 rings (SSSR count). The summed E-state index contributed by atoms with van der Waals surface area (Å²) in [5, 5.41) is 3.23. The van der Waals surface area contributed by atoms with Crippen molar-refractivity contribution in [3.63, 3.8) is 0 Å². The first-order valence-electron chi connectivity index (χ1n) is 11.5. The summed E-state index contributed by atoms with van der Waals surface area (Å²) in [6, 6.07) is 8.65. The molecule has 1 aromatic heterocycles. The second-order valence-corrected chi connectivity index (χ2v) is 9.48. The lowest BCUT2D eigenvalue weighted by atomic mass is 10.0. The topological polar surface area (TPSA) is 70.6 Å². The molecule has 7 nitrogen and oxygen atoms in total. The molecule has 3 heterocycles. The van der Waals surface area contributed by atoms with Crippen molar-refractivity contribution in [2.75, 3.05) is 29.9 Å². The van der Waals surface area contributed by atoms with E-state index in [1.807, 2.05) is 24.0 Å². The number of rotatable bonds is 8. The number of halogens is 4. The molecule has 1 N–H and O–H groups in total. The number of alkyl halides is 4. The molecule has 2 saturated heterocycles. The number of aromatic nitrogens is 2. The van der Waals surface area contributed by atoms with E-state index in [2.05, 4.69) is 29.1 Å². The van der Waals surface area contributed by atoms with Gasteiger partial charge in [0.05, 0.1) is 31.8 Å². The molecule has 2 aliphatic heterocycles. The van der Waals surface area contributed by atoms with Crippen LogP contribution >= 0.6 is 0 Å². The molecule has 3 atom stereocenters. The van der Waals surface area contributed by atoms with Crippen LogP contribution in [0.4, 0.5) is 29.3 Å². The summed E-state index contributed by atoms with van der Waals surface area (Å²) in [6.07, 6.45) is 1.66. The highest BCUT2D eigenvalue weighted by Crippen LogP contribution is 2.41. The van der Waals surface area contributed by atoms with Gasteiger partial charge in [0.2, 0.25) is 5.95 Å². The Morgan fingerprint density at radius 2 is 1.77 bits per heavy atom. The minimum absolute atomic E-state index is 0.00780. The van der Waals surface area contributed by atoms with E-state index >= 15 is 0 Å². The number of likely N-dealkylation sites (tertiary alicyclic amines) is 1. The fourth-order valence-electron chi connectivity index (χ4n) is 4.44. The van der Waals surface area contributed by atoms with Crippen LogP contribution in [0, 0.1) is 5.92 Å². The molecule has 190 valence electrons. The molecule has 2 aliphatic rings. The van der Waals surface area contributed by atoms with Crippen molar-refractivity contribution in [3.05, 3.63) is 47.7 Å². The van der Waals surface area contributed by atoms with Gasteiger partial charge in [-0.2, -0.15) is 22.5 Å². The Bertz CT molecular complexity index is 1020. The summed E-state index contributed by atoms with van der Waals surface area (Å²) in [5.74, 6) is -6.82. The van der Waals surface area contributed by atoms with Crippen LogP contribution in [-0.4, -0.2) is 65.0 Å². The highest BCUT2D eigenvalue weighted by atomic mass is 19.3. The first-order chi connectivity index (χ1) is 16.5. The minimum Gasteiger partial charge on any atom is -0.349 e. The Hall–Kier alpha value is -2.79. The van der Waals surface area contributed by atoms with Gasteiger partial charge in [-0.25, -0.2) is 4.98 Å². The van der Waals surface area contributed by atoms with Crippen molar-refractivity contribution in [1.82, 2.24) is 14.9 Å². The Morgan fingerprint density at radius 1 is 1.11 bits per heavy atom. The third-order valence-electron chi connectivity index (χ3n) is 6.47. The number of nitrogens with zero attached hydrogens (tertiary/aromatic N) is 4. The predicted molar refractivity (Wildman–Crippen MR) is 123 cm³/mol. The van der Waals surface area contributed by atoms with E-state index in [0.717, 1.165) is 16.7 Å². The van der Waals surface area contributed by atoms with Gasteiger partial charge in [0.15, 0.2) is 12.5 Å². The lowest BCUT2D eigenvalue weighted by Crippen LogP contribution is -2.41. The van der Waals surface area contributed by atoms with Crippen molar-refractivity contribution in [1.29, 1.82) is 0 Å². The lowest BCUT2D eigenvalue weighted by Gasteiger charge is -2.29. The average Bonchev–Trinajstić information content (AvgIpc) is 3.31. The zero-order valence-corrected chi connectivity index (χ0v) is 19.8. The van der Waals surface area contributed by atoms with Crippen LogP contribution in [0.5, 0.6) is 0 Å². The Balaban J connectivity index is 1.41. The van der Waals surface area contributed by atoms with E-state index in [1.165, 1.54) is 0 Å². The zero-order chi connectivity index (χ0) is 25.4. The molecule has 1 unspecified atom stereocenters. The Labute approximate surface area is 201 Å². The van der Waals surface area contributed by atoms with Crippen LogP contribution in [0.25, 0.3) is 0 Å². The van der Waals surface area contributed by atoms with Crippen molar-refractivity contribution >= 4 is 18.1 Å². The molecule has 2 aromatic rings. The molecule has 0 bridgehead atoms. The largest absolute Gasteiger partial charge is 0.349 e. The fraction of sp³-hybridized carbons (Fsp3) is 0.542. The van der Waals surface area contributed by atoms with Gasteiger partial charge < -0.3 is 15.0 Å². The summed E-state index contributed by atoms with van der Waals surface area (Å²) in [5.41, 5.74) is 1.55. The number of carbonyl (C=O) groups is 1. The van der Waals surface area contributed by atoms with Crippen molar-refractivity contribution < 1.29 is 27.1 Å². The Kier molecular flexibility index (Phi) is 7.01. The maximum absolute atomic E-state index is 13.4. The van der Waals surface area contributed by atoms with Gasteiger partial charge in [0, 0.05) is 12.7 Å². The molecule has 0 aliphatic carbocycles. The number of hydrogen-bond acceptors (Lipinski definition) is 7. The van der Waals surface area contributed by atoms with Crippen LogP contribution in [0.3, 0.4) is 0 Å². The second-order valence-electron chi connectivity index (χ2n) is 9.48. The fourth-order valence-corrected chi connectivity index (χ4v) is 4.44.